The monoisotopic (exact) mass is 616 g/mol. The van der Waals surface area contributed by atoms with Gasteiger partial charge in [0.05, 0.1) is 13.7 Å². The van der Waals surface area contributed by atoms with Crippen LogP contribution in [0.2, 0.25) is 0 Å². The number of aliphatic hydroxyl groups is 1. The number of hydrogen-bond acceptors (Lipinski definition) is 8. The van der Waals surface area contributed by atoms with E-state index in [2.05, 4.69) is 61.6 Å². The van der Waals surface area contributed by atoms with Gasteiger partial charge in [-0.05, 0) is 47.6 Å². The molecule has 2 unspecified atom stereocenters. The number of anilines is 1. The standard InChI is InChI=1S/C30H32N4O4.C5H12S/c1-21-19-29(31,20-35)38-27(21)34-18-17-26(32-28(34)36)33-30(22-9-5-3-6-10-22,23-11-7-4-8-12-23)24-13-15-25(37-2)16-14-24;1-5(2,3)6-4/h3-18,21,27,35H,19-20,31H2,1-2H3,(H,32,33,36);1-4H3/t21?,27?,29-;/m0./s1. The average Bonchev–Trinajstić information content (AvgIpc) is 3.34. The van der Waals surface area contributed by atoms with Crippen molar-refractivity contribution in [1.82, 2.24) is 9.55 Å². The molecular formula is C35H44N4O4S. The molecule has 4 aromatic rings. The van der Waals surface area contributed by atoms with E-state index in [0.29, 0.717) is 17.0 Å². The number of rotatable bonds is 8. The van der Waals surface area contributed by atoms with E-state index in [1.54, 1.807) is 19.4 Å². The lowest BCUT2D eigenvalue weighted by Crippen LogP contribution is -2.43. The Morgan fingerprint density at radius 2 is 1.52 bits per heavy atom. The molecule has 3 atom stereocenters. The van der Waals surface area contributed by atoms with Gasteiger partial charge in [0.25, 0.3) is 0 Å². The van der Waals surface area contributed by atoms with E-state index in [-0.39, 0.29) is 12.5 Å². The Kier molecular flexibility index (Phi) is 10.6. The summed E-state index contributed by atoms with van der Waals surface area (Å²) in [4.78, 5) is 17.7. The molecule has 8 nitrogen and oxygen atoms in total. The summed E-state index contributed by atoms with van der Waals surface area (Å²) in [6.45, 7) is 8.23. The summed E-state index contributed by atoms with van der Waals surface area (Å²) in [5.74, 6) is 1.08. The van der Waals surface area contributed by atoms with Gasteiger partial charge in [-0.25, -0.2) is 4.79 Å². The third kappa shape index (κ3) is 7.53. The predicted molar refractivity (Wildman–Crippen MR) is 179 cm³/mol. The van der Waals surface area contributed by atoms with Crippen LogP contribution >= 0.6 is 11.8 Å². The molecule has 0 spiro atoms. The Morgan fingerprint density at radius 3 is 1.95 bits per heavy atom. The second-order valence-corrected chi connectivity index (χ2v) is 13.7. The Labute approximate surface area is 264 Å². The first-order valence-corrected chi connectivity index (χ1v) is 15.9. The van der Waals surface area contributed by atoms with Crippen LogP contribution in [0.3, 0.4) is 0 Å². The maximum Gasteiger partial charge on any atom is 0.351 e. The molecule has 234 valence electrons. The van der Waals surface area contributed by atoms with Gasteiger partial charge in [-0.1, -0.05) is 100 Å². The van der Waals surface area contributed by atoms with Gasteiger partial charge in [0.2, 0.25) is 0 Å². The molecule has 0 aliphatic carbocycles. The molecular weight excluding hydrogens is 572 g/mol. The SMILES string of the molecule is COc1ccc(C(Nc2ccn(C3O[C@](N)(CO)CC3C)c(=O)n2)(c2ccccc2)c2ccccc2)cc1.CSC(C)(C)C. The maximum atomic E-state index is 13.3. The summed E-state index contributed by atoms with van der Waals surface area (Å²) in [6, 6.07) is 29.7. The van der Waals surface area contributed by atoms with E-state index in [1.807, 2.05) is 79.3 Å². The zero-order valence-electron chi connectivity index (χ0n) is 26.4. The molecule has 1 saturated heterocycles. The van der Waals surface area contributed by atoms with Crippen molar-refractivity contribution in [3.63, 3.8) is 0 Å². The quantitative estimate of drug-likeness (QED) is 0.207. The van der Waals surface area contributed by atoms with E-state index in [4.69, 9.17) is 15.2 Å². The Balaban J connectivity index is 0.000000670. The summed E-state index contributed by atoms with van der Waals surface area (Å²) >= 11 is 1.88. The summed E-state index contributed by atoms with van der Waals surface area (Å²) in [5, 5.41) is 13.2. The fourth-order valence-corrected chi connectivity index (χ4v) is 5.29. The fraction of sp³-hybridized carbons (Fsp3) is 0.371. The van der Waals surface area contributed by atoms with Crippen LogP contribution in [-0.2, 0) is 10.3 Å². The molecule has 0 amide bonds. The number of benzene rings is 3. The van der Waals surface area contributed by atoms with Crippen molar-refractivity contribution in [2.45, 2.75) is 56.4 Å². The highest BCUT2D eigenvalue weighted by atomic mass is 32.2. The highest BCUT2D eigenvalue weighted by molar-refractivity contribution is 7.99. The van der Waals surface area contributed by atoms with E-state index in [1.165, 1.54) is 4.57 Å². The van der Waals surface area contributed by atoms with E-state index in [0.717, 1.165) is 22.4 Å². The molecule has 5 rings (SSSR count). The van der Waals surface area contributed by atoms with Gasteiger partial charge in [-0.2, -0.15) is 16.7 Å². The van der Waals surface area contributed by atoms with E-state index in [9.17, 15) is 9.90 Å². The first-order chi connectivity index (χ1) is 20.9. The zero-order chi connectivity index (χ0) is 32.0. The summed E-state index contributed by atoms with van der Waals surface area (Å²) in [5.41, 5.74) is 6.52. The van der Waals surface area contributed by atoms with Gasteiger partial charge < -0.3 is 25.6 Å². The zero-order valence-corrected chi connectivity index (χ0v) is 27.2. The van der Waals surface area contributed by atoms with Crippen molar-refractivity contribution < 1.29 is 14.6 Å². The van der Waals surface area contributed by atoms with Crippen LogP contribution < -0.4 is 21.5 Å². The largest absolute Gasteiger partial charge is 0.497 e. The molecule has 0 saturated carbocycles. The second-order valence-electron chi connectivity index (χ2n) is 12.1. The molecule has 1 aliphatic heterocycles. The van der Waals surface area contributed by atoms with Crippen LogP contribution in [0.4, 0.5) is 5.82 Å². The van der Waals surface area contributed by atoms with Crippen molar-refractivity contribution in [3.05, 3.63) is 124 Å². The molecule has 1 aromatic heterocycles. The normalized spacial score (nSPS) is 20.0. The van der Waals surface area contributed by atoms with E-state index < -0.39 is 23.2 Å². The molecule has 3 aromatic carbocycles. The summed E-state index contributed by atoms with van der Waals surface area (Å²) in [6.07, 6.45) is 3.61. The lowest BCUT2D eigenvalue weighted by molar-refractivity contribution is -0.0998. The van der Waals surface area contributed by atoms with Crippen LogP contribution in [0.15, 0.2) is 102 Å². The van der Waals surface area contributed by atoms with Crippen molar-refractivity contribution in [2.24, 2.45) is 11.7 Å². The minimum Gasteiger partial charge on any atom is -0.497 e. The second kappa shape index (κ2) is 14.0. The molecule has 1 fully saturated rings. The first-order valence-electron chi connectivity index (χ1n) is 14.7. The first kappa shape index (κ1) is 33.3. The molecule has 0 bridgehead atoms. The predicted octanol–water partition coefficient (Wildman–Crippen LogP) is 6.01. The highest BCUT2D eigenvalue weighted by Crippen LogP contribution is 2.41. The molecule has 1 aliphatic rings. The van der Waals surface area contributed by atoms with Crippen molar-refractivity contribution in [2.75, 3.05) is 25.3 Å². The minimum absolute atomic E-state index is 0.0718. The van der Waals surface area contributed by atoms with Crippen molar-refractivity contribution in [3.8, 4) is 5.75 Å². The third-order valence-electron chi connectivity index (χ3n) is 7.75. The topological polar surface area (TPSA) is 112 Å². The number of nitrogens with zero attached hydrogens (tertiary/aromatic N) is 2. The number of thioether (sulfide) groups is 1. The lowest BCUT2D eigenvalue weighted by atomic mass is 9.77. The average molecular weight is 617 g/mol. The Hall–Kier alpha value is -3.63. The molecule has 2 heterocycles. The van der Waals surface area contributed by atoms with Crippen LogP contribution in [0.5, 0.6) is 5.75 Å². The van der Waals surface area contributed by atoms with Gasteiger partial charge in [0.1, 0.15) is 29.1 Å². The molecule has 9 heteroatoms. The van der Waals surface area contributed by atoms with Gasteiger partial charge in [-0.15, -0.1) is 0 Å². The highest BCUT2D eigenvalue weighted by Gasteiger charge is 2.43. The summed E-state index contributed by atoms with van der Waals surface area (Å²) in [7, 11) is 1.64. The number of aliphatic hydroxyl groups excluding tert-OH is 1. The Morgan fingerprint density at radius 1 is 1.00 bits per heavy atom. The summed E-state index contributed by atoms with van der Waals surface area (Å²) < 4.78 is 13.2. The number of nitrogens with two attached hydrogens (primary N) is 1. The lowest BCUT2D eigenvalue weighted by Gasteiger charge is -2.37. The van der Waals surface area contributed by atoms with E-state index >= 15 is 0 Å². The number of methoxy groups -OCH3 is 1. The van der Waals surface area contributed by atoms with Gasteiger partial charge >= 0.3 is 5.69 Å². The fourth-order valence-electron chi connectivity index (χ4n) is 5.29. The number of hydrogen-bond donors (Lipinski definition) is 3. The van der Waals surface area contributed by atoms with Crippen molar-refractivity contribution >= 4 is 17.6 Å². The number of aromatic nitrogens is 2. The van der Waals surface area contributed by atoms with Crippen molar-refractivity contribution in [1.29, 1.82) is 0 Å². The number of ether oxygens (including phenoxy) is 2. The number of nitrogens with one attached hydrogen (secondary N) is 1. The van der Waals surface area contributed by atoms with Gasteiger partial charge in [-0.3, -0.25) is 4.57 Å². The maximum absolute atomic E-state index is 13.3. The Bertz CT molecular complexity index is 1500. The molecule has 44 heavy (non-hydrogen) atoms. The third-order valence-corrected chi connectivity index (χ3v) is 8.97. The minimum atomic E-state index is -1.18. The molecule has 4 N–H and O–H groups in total. The molecule has 0 radical (unpaired) electrons. The van der Waals surface area contributed by atoms with Gasteiger partial charge in [0, 0.05) is 16.9 Å². The van der Waals surface area contributed by atoms with Gasteiger partial charge in [0.15, 0.2) is 0 Å². The smallest absolute Gasteiger partial charge is 0.351 e. The van der Waals surface area contributed by atoms with Crippen LogP contribution in [0, 0.1) is 5.92 Å². The van der Waals surface area contributed by atoms with Crippen LogP contribution in [0.1, 0.15) is 57.0 Å². The van der Waals surface area contributed by atoms with Crippen LogP contribution in [0.25, 0.3) is 0 Å². The van der Waals surface area contributed by atoms with Crippen LogP contribution in [-0.4, -0.2) is 45.1 Å².